The summed E-state index contributed by atoms with van der Waals surface area (Å²) in [5, 5.41) is 0. The smallest absolute Gasteiger partial charge is 0.253 e. The lowest BCUT2D eigenvalue weighted by Gasteiger charge is -2.33. The predicted molar refractivity (Wildman–Crippen MR) is 161 cm³/mol. The van der Waals surface area contributed by atoms with Gasteiger partial charge in [0.05, 0.1) is 17.6 Å². The molecule has 0 bridgehead atoms. The van der Waals surface area contributed by atoms with Gasteiger partial charge in [0.1, 0.15) is 5.82 Å². The Bertz CT molecular complexity index is 1300. The standard InChI is InChI=1S/C32H42FN5O/c1-21(17-22(2)28(13-14-36(5)6)30-10-9-27(34)20-35-30)24(4)38-15-11-25(12-16-38)31-23(3)18-26(19-29(31)33)32(39)37(7)8/h9-11,13-14,17-20,24H,12,15-16,34H2,1-8H3/b14-13-,21-17+,28-22-. The summed E-state index contributed by atoms with van der Waals surface area (Å²) in [4.78, 5) is 22.7. The van der Waals surface area contributed by atoms with Crippen LogP contribution in [0.1, 0.15) is 54.4 Å². The molecule has 2 heterocycles. The maximum Gasteiger partial charge on any atom is 0.253 e. The molecule has 1 unspecified atom stereocenters. The Labute approximate surface area is 233 Å². The molecule has 0 radical (unpaired) electrons. The molecule has 208 valence electrons. The van der Waals surface area contributed by atoms with E-state index < -0.39 is 0 Å². The van der Waals surface area contributed by atoms with Gasteiger partial charge in [0.2, 0.25) is 0 Å². The molecule has 1 amide bonds. The lowest BCUT2D eigenvalue weighted by molar-refractivity contribution is 0.0827. The number of carbonyl (C=O) groups excluding carboxylic acids is 1. The summed E-state index contributed by atoms with van der Waals surface area (Å²) >= 11 is 0. The van der Waals surface area contributed by atoms with Crippen molar-refractivity contribution in [2.45, 2.75) is 40.2 Å². The number of anilines is 1. The van der Waals surface area contributed by atoms with Gasteiger partial charge in [-0.1, -0.05) is 17.7 Å². The van der Waals surface area contributed by atoms with E-state index in [0.29, 0.717) is 16.8 Å². The van der Waals surface area contributed by atoms with Crippen LogP contribution in [0.4, 0.5) is 10.1 Å². The number of hydrogen-bond donors (Lipinski definition) is 1. The molecule has 1 aromatic carbocycles. The zero-order valence-electron chi connectivity index (χ0n) is 24.5. The van der Waals surface area contributed by atoms with Gasteiger partial charge in [-0.3, -0.25) is 14.7 Å². The number of aryl methyl sites for hydroxylation is 1. The van der Waals surface area contributed by atoms with Crippen molar-refractivity contribution in [3.8, 4) is 0 Å². The Morgan fingerprint density at radius 1 is 1.18 bits per heavy atom. The molecule has 2 N–H and O–H groups in total. The third-order valence-corrected chi connectivity index (χ3v) is 7.18. The number of nitrogens with zero attached hydrogens (tertiary/aromatic N) is 4. The van der Waals surface area contributed by atoms with Crippen LogP contribution in [0.25, 0.3) is 11.1 Å². The highest BCUT2D eigenvalue weighted by molar-refractivity contribution is 5.94. The summed E-state index contributed by atoms with van der Waals surface area (Å²) in [5.74, 6) is -0.528. The highest BCUT2D eigenvalue weighted by atomic mass is 19.1. The van der Waals surface area contributed by atoms with Gasteiger partial charge in [0, 0.05) is 64.0 Å². The maximum absolute atomic E-state index is 15.1. The molecule has 0 aliphatic carbocycles. The maximum atomic E-state index is 15.1. The molecule has 3 rings (SSSR count). The quantitative estimate of drug-likeness (QED) is 0.437. The average molecular weight is 532 g/mol. The number of allylic oxidation sites excluding steroid dienone is 4. The summed E-state index contributed by atoms with van der Waals surface area (Å²) in [5.41, 5.74) is 13.6. The summed E-state index contributed by atoms with van der Waals surface area (Å²) in [6.45, 7) is 9.90. The van der Waals surface area contributed by atoms with E-state index in [0.717, 1.165) is 47.5 Å². The van der Waals surface area contributed by atoms with Gasteiger partial charge in [-0.25, -0.2) is 4.39 Å². The number of halogens is 1. The van der Waals surface area contributed by atoms with Crippen LogP contribution in [-0.2, 0) is 0 Å². The molecule has 39 heavy (non-hydrogen) atoms. The largest absolute Gasteiger partial charge is 0.397 e. The Hall–Kier alpha value is -3.71. The molecule has 0 spiro atoms. The first-order valence-electron chi connectivity index (χ1n) is 13.3. The summed E-state index contributed by atoms with van der Waals surface area (Å²) in [7, 11) is 7.33. The van der Waals surface area contributed by atoms with Crippen molar-refractivity contribution in [2.24, 2.45) is 0 Å². The fourth-order valence-corrected chi connectivity index (χ4v) is 4.83. The first kappa shape index (κ1) is 29.8. The number of carbonyl (C=O) groups is 1. The molecule has 6 nitrogen and oxygen atoms in total. The van der Waals surface area contributed by atoms with Crippen LogP contribution in [0.15, 0.2) is 66.0 Å². The van der Waals surface area contributed by atoms with Crippen LogP contribution in [0.5, 0.6) is 0 Å². The molecular weight excluding hydrogens is 489 g/mol. The number of rotatable bonds is 8. The van der Waals surface area contributed by atoms with Crippen LogP contribution < -0.4 is 5.73 Å². The van der Waals surface area contributed by atoms with E-state index in [1.54, 1.807) is 26.4 Å². The van der Waals surface area contributed by atoms with E-state index in [-0.39, 0.29) is 17.8 Å². The molecule has 1 atom stereocenters. The highest BCUT2D eigenvalue weighted by Gasteiger charge is 2.23. The monoisotopic (exact) mass is 531 g/mol. The van der Waals surface area contributed by atoms with E-state index in [1.807, 2.05) is 44.3 Å². The van der Waals surface area contributed by atoms with Crippen molar-refractivity contribution in [1.29, 1.82) is 0 Å². The van der Waals surface area contributed by atoms with Crippen LogP contribution in [0.3, 0.4) is 0 Å². The van der Waals surface area contributed by atoms with Crippen molar-refractivity contribution in [2.75, 3.05) is 47.0 Å². The van der Waals surface area contributed by atoms with Gasteiger partial charge in [-0.05, 0) is 87.4 Å². The van der Waals surface area contributed by atoms with Crippen molar-refractivity contribution >= 4 is 22.7 Å². The third-order valence-electron chi connectivity index (χ3n) is 7.18. The second kappa shape index (κ2) is 12.9. The Morgan fingerprint density at radius 2 is 1.90 bits per heavy atom. The van der Waals surface area contributed by atoms with E-state index in [1.165, 1.54) is 16.5 Å². The van der Waals surface area contributed by atoms with Gasteiger partial charge < -0.3 is 15.5 Å². The number of nitrogens with two attached hydrogens (primary N) is 1. The molecule has 1 aliphatic heterocycles. The van der Waals surface area contributed by atoms with E-state index in [4.69, 9.17) is 5.73 Å². The summed E-state index contributed by atoms with van der Waals surface area (Å²) < 4.78 is 15.1. The van der Waals surface area contributed by atoms with Crippen molar-refractivity contribution in [3.05, 3.63) is 94.2 Å². The average Bonchev–Trinajstić information content (AvgIpc) is 2.88. The van der Waals surface area contributed by atoms with Gasteiger partial charge in [-0.15, -0.1) is 0 Å². The molecule has 0 fully saturated rings. The topological polar surface area (TPSA) is 65.7 Å². The fourth-order valence-electron chi connectivity index (χ4n) is 4.83. The fraction of sp³-hybridized carbons (Fsp3) is 0.375. The van der Waals surface area contributed by atoms with Crippen LogP contribution in [0, 0.1) is 12.7 Å². The Balaban J connectivity index is 1.82. The minimum Gasteiger partial charge on any atom is -0.397 e. The first-order valence-corrected chi connectivity index (χ1v) is 13.3. The molecule has 0 saturated heterocycles. The zero-order chi connectivity index (χ0) is 28.9. The lowest BCUT2D eigenvalue weighted by Crippen LogP contribution is -2.37. The molecular formula is C32H42FN5O. The number of aromatic nitrogens is 1. The van der Waals surface area contributed by atoms with Crippen molar-refractivity contribution < 1.29 is 9.18 Å². The zero-order valence-corrected chi connectivity index (χ0v) is 24.5. The normalized spacial score (nSPS) is 16.1. The van der Waals surface area contributed by atoms with E-state index >= 15 is 4.39 Å². The van der Waals surface area contributed by atoms with Gasteiger partial charge in [0.15, 0.2) is 0 Å². The second-order valence-electron chi connectivity index (χ2n) is 10.7. The van der Waals surface area contributed by atoms with Crippen LogP contribution >= 0.6 is 0 Å². The molecule has 7 heteroatoms. The Kier molecular flexibility index (Phi) is 9.86. The van der Waals surface area contributed by atoms with Gasteiger partial charge in [-0.2, -0.15) is 0 Å². The number of pyridine rings is 1. The molecule has 1 aliphatic rings. The first-order chi connectivity index (χ1) is 18.4. The third kappa shape index (κ3) is 7.45. The number of amides is 1. The van der Waals surface area contributed by atoms with Gasteiger partial charge in [0.25, 0.3) is 5.91 Å². The number of hydrogen-bond acceptors (Lipinski definition) is 5. The van der Waals surface area contributed by atoms with Crippen LogP contribution in [0.2, 0.25) is 0 Å². The van der Waals surface area contributed by atoms with E-state index in [9.17, 15) is 4.79 Å². The summed E-state index contributed by atoms with van der Waals surface area (Å²) in [6, 6.07) is 7.18. The highest BCUT2D eigenvalue weighted by Crippen LogP contribution is 2.31. The number of nitrogen functional groups attached to an aromatic ring is 1. The minimum atomic E-state index is -0.334. The SMILES string of the molecule is CC(/C=C(\C)C(C)N1CC=C(c2c(C)cc(C(=O)N(C)C)cc2F)CC1)=C(\C=C/N(C)C)c1ccc(N)cn1. The summed E-state index contributed by atoms with van der Waals surface area (Å²) in [6.07, 6.45) is 10.9. The van der Waals surface area contributed by atoms with E-state index in [2.05, 4.69) is 48.9 Å². The predicted octanol–water partition coefficient (Wildman–Crippen LogP) is 5.79. The Morgan fingerprint density at radius 3 is 2.44 bits per heavy atom. The van der Waals surface area contributed by atoms with Crippen LogP contribution in [-0.4, -0.2) is 72.9 Å². The van der Waals surface area contributed by atoms with Gasteiger partial charge >= 0.3 is 0 Å². The second-order valence-corrected chi connectivity index (χ2v) is 10.7. The van der Waals surface area contributed by atoms with Crippen molar-refractivity contribution in [1.82, 2.24) is 19.7 Å². The number of benzene rings is 1. The molecule has 1 aromatic heterocycles. The lowest BCUT2D eigenvalue weighted by atomic mass is 9.92. The van der Waals surface area contributed by atoms with Crippen molar-refractivity contribution in [3.63, 3.8) is 0 Å². The molecule has 0 saturated carbocycles. The molecule has 2 aromatic rings. The minimum absolute atomic E-state index is 0.194.